The summed E-state index contributed by atoms with van der Waals surface area (Å²) >= 11 is 0. The second-order valence-corrected chi connectivity index (χ2v) is 13.9. The summed E-state index contributed by atoms with van der Waals surface area (Å²) in [6, 6.07) is 0. The SMILES string of the molecule is CC(C)(C)OC(=O)N1CC[C@H](O[Si](C)(C)C(C)(C)C)[C@H](CN)C1. The van der Waals surface area contributed by atoms with E-state index in [1.807, 2.05) is 20.8 Å². The van der Waals surface area contributed by atoms with Crippen LogP contribution in [0.3, 0.4) is 0 Å². The molecule has 2 N–H and O–H groups in total. The van der Waals surface area contributed by atoms with Gasteiger partial charge in [-0.1, -0.05) is 20.8 Å². The Bertz CT molecular complexity index is 413. The second kappa shape index (κ2) is 7.11. The van der Waals surface area contributed by atoms with Gasteiger partial charge in [0.1, 0.15) is 5.60 Å². The van der Waals surface area contributed by atoms with Crippen molar-refractivity contribution in [1.29, 1.82) is 0 Å². The first-order valence-electron chi connectivity index (χ1n) is 8.62. The molecule has 6 heteroatoms. The molecule has 136 valence electrons. The summed E-state index contributed by atoms with van der Waals surface area (Å²) in [5.41, 5.74) is 5.50. The van der Waals surface area contributed by atoms with Gasteiger partial charge in [-0.15, -0.1) is 0 Å². The lowest BCUT2D eigenvalue weighted by Crippen LogP contribution is -2.54. The number of amides is 1. The fourth-order valence-electron chi connectivity index (χ4n) is 2.44. The number of carbonyl (C=O) groups is 1. The first kappa shape index (κ1) is 20.5. The largest absolute Gasteiger partial charge is 0.444 e. The Morgan fingerprint density at radius 2 is 1.78 bits per heavy atom. The van der Waals surface area contributed by atoms with Crippen molar-refractivity contribution in [3.8, 4) is 0 Å². The van der Waals surface area contributed by atoms with E-state index >= 15 is 0 Å². The van der Waals surface area contributed by atoms with Crippen molar-refractivity contribution in [2.24, 2.45) is 11.7 Å². The molecule has 5 nitrogen and oxygen atoms in total. The molecule has 0 bridgehead atoms. The normalized spacial score (nSPS) is 23.8. The highest BCUT2D eigenvalue weighted by Gasteiger charge is 2.42. The van der Waals surface area contributed by atoms with Gasteiger partial charge in [-0.2, -0.15) is 0 Å². The molecule has 0 unspecified atom stereocenters. The number of carbonyl (C=O) groups excluding carboxylic acids is 1. The zero-order valence-corrected chi connectivity index (χ0v) is 17.2. The lowest BCUT2D eigenvalue weighted by atomic mass is 9.95. The van der Waals surface area contributed by atoms with Gasteiger partial charge < -0.3 is 19.8 Å². The van der Waals surface area contributed by atoms with E-state index in [0.29, 0.717) is 19.6 Å². The molecule has 1 saturated heterocycles. The molecule has 2 atom stereocenters. The van der Waals surface area contributed by atoms with Crippen molar-refractivity contribution in [3.05, 3.63) is 0 Å². The van der Waals surface area contributed by atoms with E-state index in [4.69, 9.17) is 14.9 Å². The molecule has 23 heavy (non-hydrogen) atoms. The van der Waals surface area contributed by atoms with Crippen molar-refractivity contribution >= 4 is 14.4 Å². The van der Waals surface area contributed by atoms with Crippen molar-refractivity contribution in [2.45, 2.75) is 77.8 Å². The Kier molecular flexibility index (Phi) is 6.32. The van der Waals surface area contributed by atoms with Crippen LogP contribution < -0.4 is 5.73 Å². The van der Waals surface area contributed by atoms with Crippen molar-refractivity contribution in [2.75, 3.05) is 19.6 Å². The van der Waals surface area contributed by atoms with Crippen molar-refractivity contribution < 1.29 is 14.0 Å². The number of likely N-dealkylation sites (tertiary alicyclic amines) is 1. The minimum Gasteiger partial charge on any atom is -0.444 e. The summed E-state index contributed by atoms with van der Waals surface area (Å²) in [5.74, 6) is 0.172. The summed E-state index contributed by atoms with van der Waals surface area (Å²) in [7, 11) is -1.83. The zero-order chi connectivity index (χ0) is 18.1. The van der Waals surface area contributed by atoms with Gasteiger partial charge in [0.05, 0.1) is 6.10 Å². The van der Waals surface area contributed by atoms with Gasteiger partial charge in [0.25, 0.3) is 0 Å². The van der Waals surface area contributed by atoms with Gasteiger partial charge in [0.2, 0.25) is 0 Å². The number of ether oxygens (including phenoxy) is 1. The van der Waals surface area contributed by atoms with E-state index in [-0.39, 0.29) is 23.2 Å². The molecule has 0 aromatic carbocycles. The van der Waals surface area contributed by atoms with E-state index in [1.165, 1.54) is 0 Å². The fraction of sp³-hybridized carbons (Fsp3) is 0.941. The van der Waals surface area contributed by atoms with Gasteiger partial charge in [-0.3, -0.25) is 0 Å². The molecule has 0 aromatic rings. The summed E-state index contributed by atoms with van der Waals surface area (Å²) in [6.45, 7) is 18.7. The maximum atomic E-state index is 12.3. The summed E-state index contributed by atoms with van der Waals surface area (Å²) in [6.07, 6.45) is 0.717. The van der Waals surface area contributed by atoms with Gasteiger partial charge in [-0.25, -0.2) is 4.79 Å². The molecule has 0 aromatic heterocycles. The number of hydrogen-bond donors (Lipinski definition) is 1. The van der Waals surface area contributed by atoms with Gasteiger partial charge >= 0.3 is 6.09 Å². The van der Waals surface area contributed by atoms with Crippen LogP contribution in [0, 0.1) is 5.92 Å². The third-order valence-corrected chi connectivity index (χ3v) is 9.38. The molecule has 1 rings (SSSR count). The molecule has 1 aliphatic rings. The molecule has 1 fully saturated rings. The summed E-state index contributed by atoms with van der Waals surface area (Å²) < 4.78 is 12.0. The Balaban J connectivity index is 2.71. The highest BCUT2D eigenvalue weighted by molar-refractivity contribution is 6.74. The van der Waals surface area contributed by atoms with E-state index in [9.17, 15) is 4.79 Å². The van der Waals surface area contributed by atoms with Crippen molar-refractivity contribution in [3.63, 3.8) is 0 Å². The topological polar surface area (TPSA) is 64.8 Å². The minimum atomic E-state index is -1.83. The van der Waals surface area contributed by atoms with Crippen LogP contribution in [0.2, 0.25) is 18.1 Å². The number of piperidine rings is 1. The average molecular weight is 345 g/mol. The lowest BCUT2D eigenvalue weighted by Gasteiger charge is -2.45. The van der Waals surface area contributed by atoms with E-state index in [1.54, 1.807) is 4.90 Å². The third-order valence-electron chi connectivity index (χ3n) is 4.87. The molecule has 0 saturated carbocycles. The Morgan fingerprint density at radius 3 is 2.22 bits per heavy atom. The first-order chi connectivity index (χ1) is 10.3. The van der Waals surface area contributed by atoms with Gasteiger partial charge in [-0.05, 0) is 51.9 Å². The Morgan fingerprint density at radius 1 is 1.22 bits per heavy atom. The third kappa shape index (κ3) is 5.76. The quantitative estimate of drug-likeness (QED) is 0.795. The van der Waals surface area contributed by atoms with Crippen LogP contribution in [-0.2, 0) is 9.16 Å². The second-order valence-electron chi connectivity index (χ2n) is 9.13. The number of hydrogen-bond acceptors (Lipinski definition) is 4. The number of nitrogens with two attached hydrogens (primary N) is 1. The summed E-state index contributed by atoms with van der Waals surface area (Å²) in [5, 5.41) is 0.175. The molecule has 1 amide bonds. The van der Waals surface area contributed by atoms with Crippen LogP contribution in [0.1, 0.15) is 48.0 Å². The predicted molar refractivity (Wildman–Crippen MR) is 97.0 cm³/mol. The maximum absolute atomic E-state index is 12.3. The molecule has 0 aliphatic carbocycles. The number of rotatable bonds is 3. The van der Waals surface area contributed by atoms with Crippen LogP contribution in [0.5, 0.6) is 0 Å². The Hall–Kier alpha value is -0.593. The van der Waals surface area contributed by atoms with Crippen molar-refractivity contribution in [1.82, 2.24) is 4.90 Å². The zero-order valence-electron chi connectivity index (χ0n) is 16.2. The molecule has 0 radical (unpaired) electrons. The standard InChI is InChI=1S/C17H36N2O3Si/c1-16(2,3)21-15(20)19-10-9-14(13(11-18)12-19)22-23(7,8)17(4,5)6/h13-14H,9-12,18H2,1-8H3/t13-,14+/m1/s1. The smallest absolute Gasteiger partial charge is 0.410 e. The predicted octanol–water partition coefficient (Wildman–Crippen LogP) is 3.59. The van der Waals surface area contributed by atoms with Crippen LogP contribution in [0.25, 0.3) is 0 Å². The minimum absolute atomic E-state index is 0.138. The van der Waals surface area contributed by atoms with Gasteiger partial charge in [0.15, 0.2) is 8.32 Å². The lowest BCUT2D eigenvalue weighted by molar-refractivity contribution is -0.00360. The highest BCUT2D eigenvalue weighted by Crippen LogP contribution is 2.39. The Labute approximate surface area is 143 Å². The van der Waals surface area contributed by atoms with Gasteiger partial charge in [0, 0.05) is 19.0 Å². The van der Waals surface area contributed by atoms with E-state index < -0.39 is 13.9 Å². The van der Waals surface area contributed by atoms with E-state index in [2.05, 4.69) is 33.9 Å². The van der Waals surface area contributed by atoms with E-state index in [0.717, 1.165) is 6.42 Å². The monoisotopic (exact) mass is 344 g/mol. The average Bonchev–Trinajstić information content (AvgIpc) is 2.35. The van der Waals surface area contributed by atoms with Crippen LogP contribution in [0.15, 0.2) is 0 Å². The van der Waals surface area contributed by atoms with Crippen LogP contribution in [0.4, 0.5) is 4.79 Å². The maximum Gasteiger partial charge on any atom is 0.410 e. The van der Waals surface area contributed by atoms with Crippen LogP contribution in [-0.4, -0.2) is 50.6 Å². The first-order valence-corrected chi connectivity index (χ1v) is 11.5. The molecule has 1 aliphatic heterocycles. The fourth-order valence-corrected chi connectivity index (χ4v) is 3.86. The molecule has 1 heterocycles. The highest BCUT2D eigenvalue weighted by atomic mass is 28.4. The molecule has 0 spiro atoms. The van der Waals surface area contributed by atoms with Crippen LogP contribution >= 0.6 is 0 Å². The summed E-state index contributed by atoms with van der Waals surface area (Å²) in [4.78, 5) is 14.0. The number of nitrogens with zero attached hydrogens (tertiary/aromatic N) is 1. The molecular weight excluding hydrogens is 308 g/mol. The molecular formula is C17H36N2O3Si.